The molecule has 1 amide bonds. The third-order valence-corrected chi connectivity index (χ3v) is 9.40. The lowest BCUT2D eigenvalue weighted by Crippen LogP contribution is -2.49. The van der Waals surface area contributed by atoms with Crippen LogP contribution in [0.3, 0.4) is 0 Å². The third kappa shape index (κ3) is 6.72. The summed E-state index contributed by atoms with van der Waals surface area (Å²) in [6.45, 7) is 8.65. The van der Waals surface area contributed by atoms with Crippen molar-refractivity contribution in [3.63, 3.8) is 0 Å². The Balaban J connectivity index is 3.37. The van der Waals surface area contributed by atoms with Gasteiger partial charge in [-0.25, -0.2) is 4.79 Å². The largest absolute Gasteiger partial charge is 0.465 e. The maximum Gasteiger partial charge on any atom is 0.416 e. The van der Waals surface area contributed by atoms with E-state index in [-0.39, 0.29) is 23.2 Å². The summed E-state index contributed by atoms with van der Waals surface area (Å²) in [6, 6.07) is -1.26. The van der Waals surface area contributed by atoms with Crippen molar-refractivity contribution in [3.8, 4) is 0 Å². The Bertz CT molecular complexity index is 767. The molecule has 12 heteroatoms. The molecule has 1 rings (SSSR count). The Morgan fingerprint density at radius 3 is 1.77 bits per heavy atom. The molecule has 0 saturated heterocycles. The number of carbonyl (C=O) groups is 2. The van der Waals surface area contributed by atoms with E-state index in [9.17, 15) is 35.9 Å². The summed E-state index contributed by atoms with van der Waals surface area (Å²) >= 11 is 0. The molecule has 0 unspecified atom stereocenters. The van der Waals surface area contributed by atoms with E-state index in [1.807, 2.05) is 26.1 Å². The number of halogens is 6. The number of nitrogens with one attached hydrogen (secondary N) is 1. The molecule has 0 aliphatic heterocycles. The molecule has 1 atom stereocenters. The van der Waals surface area contributed by atoms with Gasteiger partial charge in [-0.2, -0.15) is 26.3 Å². The van der Waals surface area contributed by atoms with Crippen molar-refractivity contribution < 1.29 is 45.5 Å². The lowest BCUT2D eigenvalue weighted by atomic mass is 9.98. The van der Waals surface area contributed by atoms with E-state index in [2.05, 4.69) is 0 Å². The lowest BCUT2D eigenvalue weighted by molar-refractivity contribution is -0.143. The van der Waals surface area contributed by atoms with Gasteiger partial charge in [-0.05, 0) is 36.3 Å². The van der Waals surface area contributed by atoms with Gasteiger partial charge in [0.15, 0.2) is 14.1 Å². The molecule has 1 aromatic rings. The topological polar surface area (TPSA) is 75.6 Å². The van der Waals surface area contributed by atoms with Gasteiger partial charge in [-0.3, -0.25) is 4.79 Å². The number of carboxylic acid groups (broad SMARTS) is 1. The van der Waals surface area contributed by atoms with Crippen molar-refractivity contribution in [2.24, 2.45) is 0 Å². The molecule has 0 aliphatic carbocycles. The Labute approximate surface area is 170 Å². The fourth-order valence-corrected chi connectivity index (χ4v) is 3.15. The number of rotatable bonds is 6. The second-order valence-electron chi connectivity index (χ2n) is 8.23. The van der Waals surface area contributed by atoms with Crippen molar-refractivity contribution in [3.05, 3.63) is 34.9 Å². The first-order chi connectivity index (χ1) is 13.3. The number of alkyl halides is 6. The zero-order valence-electron chi connectivity index (χ0n) is 17.0. The van der Waals surface area contributed by atoms with Gasteiger partial charge in [-0.1, -0.05) is 20.8 Å². The van der Waals surface area contributed by atoms with Gasteiger partial charge in [0.1, 0.15) is 6.04 Å². The third-order valence-electron chi connectivity index (χ3n) is 4.90. The van der Waals surface area contributed by atoms with Crippen molar-refractivity contribution >= 4 is 20.2 Å². The minimum absolute atomic E-state index is 0.109. The molecule has 0 bridgehead atoms. The standard InChI is InChI=1S/C18H23F6NO4Si/c1-16(2,3)30(4,5)29-9-13(25-15(27)28)14(26)10-6-11(17(19,20)21)8-12(7-10)18(22,23)24/h6-8,13,25H,9H2,1-5H3,(H,27,28)/t13-/m0/s1. The molecule has 0 radical (unpaired) electrons. The summed E-state index contributed by atoms with van der Waals surface area (Å²) < 4.78 is 84.0. The van der Waals surface area contributed by atoms with Crippen molar-refractivity contribution in [2.45, 2.75) is 57.3 Å². The SMILES string of the molecule is CC(C)(C)[Si](C)(C)OC[C@H](NC(=O)O)C(=O)c1cc(C(F)(F)F)cc(C(F)(F)F)c1. The summed E-state index contributed by atoms with van der Waals surface area (Å²) in [4.78, 5) is 23.7. The van der Waals surface area contributed by atoms with E-state index in [0.29, 0.717) is 0 Å². The van der Waals surface area contributed by atoms with Crippen molar-refractivity contribution in [1.82, 2.24) is 5.32 Å². The Morgan fingerprint density at radius 1 is 1.00 bits per heavy atom. The predicted octanol–water partition coefficient (Wildman–Crippen LogP) is 5.56. The van der Waals surface area contributed by atoms with E-state index >= 15 is 0 Å². The van der Waals surface area contributed by atoms with Gasteiger partial charge in [0.05, 0.1) is 17.7 Å². The average Bonchev–Trinajstić information content (AvgIpc) is 2.54. The highest BCUT2D eigenvalue weighted by Crippen LogP contribution is 2.38. The summed E-state index contributed by atoms with van der Waals surface area (Å²) in [5, 5.41) is 10.5. The summed E-state index contributed by atoms with van der Waals surface area (Å²) in [5.41, 5.74) is -4.25. The number of hydrogen-bond donors (Lipinski definition) is 2. The number of benzene rings is 1. The van der Waals surface area contributed by atoms with E-state index in [1.54, 1.807) is 13.1 Å². The zero-order valence-corrected chi connectivity index (χ0v) is 18.0. The first kappa shape index (κ1) is 26.0. The van der Waals surface area contributed by atoms with Crippen molar-refractivity contribution in [2.75, 3.05) is 6.61 Å². The van der Waals surface area contributed by atoms with Crippen LogP contribution in [0.25, 0.3) is 0 Å². The van der Waals surface area contributed by atoms with Crippen LogP contribution in [0.15, 0.2) is 18.2 Å². The highest BCUT2D eigenvalue weighted by molar-refractivity contribution is 6.74. The molecule has 0 heterocycles. The monoisotopic (exact) mass is 459 g/mol. The molecule has 0 saturated carbocycles. The van der Waals surface area contributed by atoms with Crippen molar-refractivity contribution in [1.29, 1.82) is 0 Å². The molecule has 0 aromatic heterocycles. The van der Waals surface area contributed by atoms with E-state index in [4.69, 9.17) is 9.53 Å². The fourth-order valence-electron chi connectivity index (χ4n) is 2.14. The van der Waals surface area contributed by atoms with Gasteiger partial charge < -0.3 is 14.8 Å². The van der Waals surface area contributed by atoms with Crippen LogP contribution >= 0.6 is 0 Å². The maximum atomic E-state index is 13.0. The molecular formula is C18H23F6NO4Si. The molecular weight excluding hydrogens is 436 g/mol. The van der Waals surface area contributed by atoms with Crippen LogP contribution in [0.5, 0.6) is 0 Å². The quantitative estimate of drug-likeness (QED) is 0.332. The van der Waals surface area contributed by atoms with Gasteiger partial charge in [-0.15, -0.1) is 0 Å². The Hall–Kier alpha value is -2.08. The molecule has 1 aromatic carbocycles. The van der Waals surface area contributed by atoms with Gasteiger partial charge in [0.25, 0.3) is 0 Å². The molecule has 0 fully saturated rings. The van der Waals surface area contributed by atoms with Crippen LogP contribution in [0, 0.1) is 0 Å². The lowest BCUT2D eigenvalue weighted by Gasteiger charge is -2.37. The van der Waals surface area contributed by atoms with E-state index in [0.717, 1.165) is 0 Å². The molecule has 5 nitrogen and oxygen atoms in total. The van der Waals surface area contributed by atoms with Crippen LogP contribution in [0.2, 0.25) is 18.1 Å². The van der Waals surface area contributed by atoms with E-state index < -0.39 is 61.9 Å². The molecule has 0 aliphatic rings. The van der Waals surface area contributed by atoms with Gasteiger partial charge in [0, 0.05) is 5.56 Å². The van der Waals surface area contributed by atoms with Crippen LogP contribution in [-0.4, -0.2) is 37.9 Å². The average molecular weight is 459 g/mol. The number of ketones is 1. The number of hydrogen-bond acceptors (Lipinski definition) is 3. The summed E-state index contributed by atoms with van der Waals surface area (Å²) in [6.07, 6.45) is -11.9. The highest BCUT2D eigenvalue weighted by Gasteiger charge is 2.40. The molecule has 2 N–H and O–H groups in total. The minimum Gasteiger partial charge on any atom is -0.465 e. The predicted molar refractivity (Wildman–Crippen MR) is 98.9 cm³/mol. The van der Waals surface area contributed by atoms with Crippen LogP contribution in [0.4, 0.5) is 31.1 Å². The van der Waals surface area contributed by atoms with Crippen LogP contribution < -0.4 is 5.32 Å². The van der Waals surface area contributed by atoms with Crippen LogP contribution in [-0.2, 0) is 16.8 Å². The number of amides is 1. The molecule has 30 heavy (non-hydrogen) atoms. The second kappa shape index (κ2) is 8.58. The van der Waals surface area contributed by atoms with Gasteiger partial charge in [0.2, 0.25) is 0 Å². The molecule has 170 valence electrons. The minimum atomic E-state index is -5.14. The van der Waals surface area contributed by atoms with E-state index in [1.165, 1.54) is 0 Å². The normalized spacial score (nSPS) is 14.4. The first-order valence-electron chi connectivity index (χ1n) is 8.73. The summed E-state index contributed by atoms with van der Waals surface area (Å²) in [5.74, 6) is -1.26. The Morgan fingerprint density at radius 2 is 1.43 bits per heavy atom. The van der Waals surface area contributed by atoms with Crippen LogP contribution in [0.1, 0.15) is 42.3 Å². The number of Topliss-reactive ketones (excluding diaryl/α,β-unsaturated/α-hetero) is 1. The Kier molecular flexibility index (Phi) is 7.42. The first-order valence-corrected chi connectivity index (χ1v) is 11.6. The zero-order chi connectivity index (χ0) is 23.7. The fraction of sp³-hybridized carbons (Fsp3) is 0.556. The second-order valence-corrected chi connectivity index (χ2v) is 13.0. The smallest absolute Gasteiger partial charge is 0.416 e. The molecule has 0 spiro atoms. The summed E-state index contributed by atoms with van der Waals surface area (Å²) in [7, 11) is -2.49. The highest BCUT2D eigenvalue weighted by atomic mass is 28.4. The number of carbonyl (C=O) groups excluding carboxylic acids is 1. The maximum absolute atomic E-state index is 13.0. The van der Waals surface area contributed by atoms with Gasteiger partial charge >= 0.3 is 18.4 Å².